The number of anilines is 1. The molecule has 4 heteroatoms. The summed E-state index contributed by atoms with van der Waals surface area (Å²) in [5, 5.41) is 3.46. The van der Waals surface area contributed by atoms with E-state index in [4.69, 9.17) is 17.3 Å². The number of hydrogen-bond donors (Lipinski definition) is 2. The summed E-state index contributed by atoms with van der Waals surface area (Å²) in [6.45, 7) is 0.740. The Morgan fingerprint density at radius 2 is 1.85 bits per heavy atom. The summed E-state index contributed by atoms with van der Waals surface area (Å²) in [5.74, 6) is 0.475. The number of nitrogens with one attached hydrogen (secondary N) is 1. The van der Waals surface area contributed by atoms with E-state index >= 15 is 0 Å². The second-order valence-electron chi connectivity index (χ2n) is 5.66. The zero-order valence-electron chi connectivity index (χ0n) is 11.8. The lowest BCUT2D eigenvalue weighted by Gasteiger charge is -2.20. The lowest BCUT2D eigenvalue weighted by molar-refractivity contribution is 0.0945. The molecule has 0 aromatic heterocycles. The topological polar surface area (TPSA) is 55.1 Å². The summed E-state index contributed by atoms with van der Waals surface area (Å²) in [6.07, 6.45) is 8.99. The first-order valence-electron chi connectivity index (χ1n) is 7.50. The van der Waals surface area contributed by atoms with Crippen molar-refractivity contribution in [3.63, 3.8) is 0 Å². The third-order valence-corrected chi connectivity index (χ3v) is 4.34. The molecule has 3 N–H and O–H groups in total. The molecule has 0 aliphatic heterocycles. The first-order chi connectivity index (χ1) is 9.66. The molecule has 1 aromatic carbocycles. The molecule has 3 nitrogen and oxygen atoms in total. The smallest absolute Gasteiger partial charge is 0.252 e. The Balaban J connectivity index is 1.89. The van der Waals surface area contributed by atoms with Crippen LogP contribution in [0.25, 0.3) is 0 Å². The number of rotatable bonds is 3. The lowest BCUT2D eigenvalue weighted by atomic mass is 9.91. The maximum atomic E-state index is 12.2. The molecule has 0 radical (unpaired) electrons. The average Bonchev–Trinajstić information content (AvgIpc) is 2.40. The predicted octanol–water partition coefficient (Wildman–Crippen LogP) is 4.01. The van der Waals surface area contributed by atoms with E-state index < -0.39 is 0 Å². The fourth-order valence-corrected chi connectivity index (χ4v) is 3.00. The predicted molar refractivity (Wildman–Crippen MR) is 84.0 cm³/mol. The van der Waals surface area contributed by atoms with Crippen molar-refractivity contribution < 1.29 is 4.79 Å². The molecule has 0 atom stereocenters. The van der Waals surface area contributed by atoms with Crippen molar-refractivity contribution in [3.8, 4) is 0 Å². The number of carbonyl (C=O) groups is 1. The Bertz CT molecular complexity index is 454. The van der Waals surface area contributed by atoms with Crippen LogP contribution in [0.4, 0.5) is 5.69 Å². The molecule has 1 fully saturated rings. The van der Waals surface area contributed by atoms with Crippen LogP contribution in [-0.4, -0.2) is 12.5 Å². The van der Waals surface area contributed by atoms with Crippen LogP contribution >= 0.6 is 11.6 Å². The Labute approximate surface area is 125 Å². The van der Waals surface area contributed by atoms with E-state index in [1.165, 1.54) is 44.9 Å². The van der Waals surface area contributed by atoms with Gasteiger partial charge in [-0.1, -0.05) is 43.7 Å². The summed E-state index contributed by atoms with van der Waals surface area (Å²) >= 11 is 6.04. The summed E-state index contributed by atoms with van der Waals surface area (Å²) < 4.78 is 0. The van der Waals surface area contributed by atoms with Crippen molar-refractivity contribution in [1.29, 1.82) is 0 Å². The minimum absolute atomic E-state index is 0.121. The molecule has 1 aliphatic rings. The lowest BCUT2D eigenvalue weighted by Crippen LogP contribution is -2.30. The van der Waals surface area contributed by atoms with E-state index in [1.807, 2.05) is 0 Å². The molecule has 1 aromatic rings. The number of nitrogen functional groups attached to an aromatic ring is 1. The molecule has 0 spiro atoms. The highest BCUT2D eigenvalue weighted by Crippen LogP contribution is 2.22. The normalized spacial score (nSPS) is 17.2. The standard InChI is InChI=1S/C16H23ClN2O/c17-15-9-8-13(18)10-14(15)16(20)19-11-12-6-4-2-1-3-5-7-12/h8-10,12H,1-7,11,18H2,(H,19,20). The molecule has 0 unspecified atom stereocenters. The van der Waals surface area contributed by atoms with Gasteiger partial charge in [-0.15, -0.1) is 0 Å². The van der Waals surface area contributed by atoms with Gasteiger partial charge in [-0.25, -0.2) is 0 Å². The van der Waals surface area contributed by atoms with Crippen molar-refractivity contribution in [2.45, 2.75) is 44.9 Å². The van der Waals surface area contributed by atoms with Crippen LogP contribution in [0.3, 0.4) is 0 Å². The third kappa shape index (κ3) is 4.41. The number of halogens is 1. The SMILES string of the molecule is Nc1ccc(Cl)c(C(=O)NCC2CCCCCCC2)c1. The van der Waals surface area contributed by atoms with Gasteiger partial charge >= 0.3 is 0 Å². The highest BCUT2D eigenvalue weighted by molar-refractivity contribution is 6.34. The van der Waals surface area contributed by atoms with Gasteiger partial charge in [0.2, 0.25) is 0 Å². The number of hydrogen-bond acceptors (Lipinski definition) is 2. The van der Waals surface area contributed by atoms with Gasteiger partial charge in [0, 0.05) is 12.2 Å². The van der Waals surface area contributed by atoms with E-state index in [9.17, 15) is 4.79 Å². The van der Waals surface area contributed by atoms with E-state index in [2.05, 4.69) is 5.32 Å². The van der Waals surface area contributed by atoms with Gasteiger partial charge in [-0.05, 0) is 37.0 Å². The zero-order valence-corrected chi connectivity index (χ0v) is 12.6. The summed E-state index contributed by atoms with van der Waals surface area (Å²) in [5.41, 5.74) is 6.73. The maximum absolute atomic E-state index is 12.2. The maximum Gasteiger partial charge on any atom is 0.252 e. The fraction of sp³-hybridized carbons (Fsp3) is 0.562. The zero-order chi connectivity index (χ0) is 14.4. The van der Waals surface area contributed by atoms with Gasteiger partial charge in [0.05, 0.1) is 10.6 Å². The second kappa shape index (κ2) is 7.53. The van der Waals surface area contributed by atoms with Crippen LogP contribution in [0.1, 0.15) is 55.3 Å². The minimum Gasteiger partial charge on any atom is -0.399 e. The number of nitrogens with two attached hydrogens (primary N) is 1. The van der Waals surface area contributed by atoms with Gasteiger partial charge in [-0.3, -0.25) is 4.79 Å². The third-order valence-electron chi connectivity index (χ3n) is 4.01. The highest BCUT2D eigenvalue weighted by Gasteiger charge is 2.15. The molecule has 2 rings (SSSR count). The molecule has 0 bridgehead atoms. The first kappa shape index (κ1) is 15.2. The molecular formula is C16H23ClN2O. The van der Waals surface area contributed by atoms with E-state index in [-0.39, 0.29) is 5.91 Å². The Kier molecular flexibility index (Phi) is 5.72. The molecule has 1 saturated carbocycles. The van der Waals surface area contributed by atoms with Crippen LogP contribution in [0.5, 0.6) is 0 Å². The Morgan fingerprint density at radius 3 is 2.55 bits per heavy atom. The van der Waals surface area contributed by atoms with Crippen molar-refractivity contribution in [1.82, 2.24) is 5.32 Å². The van der Waals surface area contributed by atoms with E-state index in [0.717, 1.165) is 6.54 Å². The Hall–Kier alpha value is -1.22. The summed E-state index contributed by atoms with van der Waals surface area (Å²) in [6, 6.07) is 5.01. The van der Waals surface area contributed by atoms with Crippen LogP contribution in [-0.2, 0) is 0 Å². The van der Waals surface area contributed by atoms with Gasteiger partial charge in [0.1, 0.15) is 0 Å². The monoisotopic (exact) mass is 294 g/mol. The summed E-state index contributed by atoms with van der Waals surface area (Å²) in [4.78, 5) is 12.2. The average molecular weight is 295 g/mol. The molecule has 0 saturated heterocycles. The molecule has 1 aliphatic carbocycles. The quantitative estimate of drug-likeness (QED) is 0.828. The van der Waals surface area contributed by atoms with Crippen molar-refractivity contribution >= 4 is 23.2 Å². The second-order valence-corrected chi connectivity index (χ2v) is 6.07. The minimum atomic E-state index is -0.121. The van der Waals surface area contributed by atoms with Gasteiger partial charge < -0.3 is 11.1 Å². The summed E-state index contributed by atoms with van der Waals surface area (Å²) in [7, 11) is 0. The fourth-order valence-electron chi connectivity index (χ4n) is 2.79. The van der Waals surface area contributed by atoms with Crippen molar-refractivity contribution in [3.05, 3.63) is 28.8 Å². The van der Waals surface area contributed by atoms with Crippen molar-refractivity contribution in [2.24, 2.45) is 5.92 Å². The van der Waals surface area contributed by atoms with E-state index in [0.29, 0.717) is 22.2 Å². The molecule has 1 amide bonds. The van der Waals surface area contributed by atoms with Crippen LogP contribution < -0.4 is 11.1 Å². The van der Waals surface area contributed by atoms with E-state index in [1.54, 1.807) is 18.2 Å². The molecular weight excluding hydrogens is 272 g/mol. The molecule has 110 valence electrons. The van der Waals surface area contributed by atoms with Gasteiger partial charge in [-0.2, -0.15) is 0 Å². The first-order valence-corrected chi connectivity index (χ1v) is 7.88. The molecule has 0 heterocycles. The number of benzene rings is 1. The largest absolute Gasteiger partial charge is 0.399 e. The van der Waals surface area contributed by atoms with Gasteiger partial charge in [0.15, 0.2) is 0 Å². The van der Waals surface area contributed by atoms with Gasteiger partial charge in [0.25, 0.3) is 5.91 Å². The van der Waals surface area contributed by atoms with Crippen LogP contribution in [0.15, 0.2) is 18.2 Å². The van der Waals surface area contributed by atoms with Crippen LogP contribution in [0, 0.1) is 5.92 Å². The van der Waals surface area contributed by atoms with Crippen molar-refractivity contribution in [2.75, 3.05) is 12.3 Å². The Morgan fingerprint density at radius 1 is 1.20 bits per heavy atom. The highest BCUT2D eigenvalue weighted by atomic mass is 35.5. The number of amides is 1. The molecule has 20 heavy (non-hydrogen) atoms. The number of carbonyl (C=O) groups excluding carboxylic acids is 1. The van der Waals surface area contributed by atoms with Crippen LogP contribution in [0.2, 0.25) is 5.02 Å².